The lowest BCUT2D eigenvalue weighted by Gasteiger charge is -2.41. The molecule has 3 aromatic carbocycles. The van der Waals surface area contributed by atoms with Gasteiger partial charge in [-0.1, -0.05) is 91.0 Å². The van der Waals surface area contributed by atoms with Crippen LogP contribution >= 0.6 is 0 Å². The molecule has 1 aliphatic heterocycles. The predicted octanol–water partition coefficient (Wildman–Crippen LogP) is 4.96. The van der Waals surface area contributed by atoms with E-state index in [1.165, 1.54) is 11.1 Å². The molecule has 4 rings (SSSR count). The average molecular weight is 443 g/mol. The molecule has 0 radical (unpaired) electrons. The first-order chi connectivity index (χ1) is 16.2. The molecule has 0 atom stereocenters. The van der Waals surface area contributed by atoms with Crippen molar-refractivity contribution in [3.63, 3.8) is 0 Å². The Morgan fingerprint density at radius 3 is 1.91 bits per heavy atom. The second-order valence-electron chi connectivity index (χ2n) is 8.79. The molecule has 0 unspecified atom stereocenters. The second kappa shape index (κ2) is 11.3. The van der Waals surface area contributed by atoms with Crippen molar-refractivity contribution in [3.8, 4) is 0 Å². The molecule has 4 nitrogen and oxygen atoms in total. The van der Waals surface area contributed by atoms with Gasteiger partial charge in [0.1, 0.15) is 6.10 Å². The maximum atomic E-state index is 12.9. The lowest BCUT2D eigenvalue weighted by Crippen LogP contribution is -2.51. The van der Waals surface area contributed by atoms with Crippen molar-refractivity contribution < 1.29 is 9.53 Å². The van der Waals surface area contributed by atoms with Crippen molar-refractivity contribution in [1.82, 2.24) is 10.2 Å². The van der Waals surface area contributed by atoms with E-state index in [1.807, 2.05) is 30.3 Å². The van der Waals surface area contributed by atoms with Crippen LogP contribution in [0.1, 0.15) is 42.1 Å². The molecule has 0 saturated carbocycles. The molecule has 1 aliphatic rings. The number of nitrogens with zero attached hydrogens (tertiary/aromatic N) is 1. The third-order valence-corrected chi connectivity index (χ3v) is 6.81. The maximum Gasteiger partial charge on any atom is 0.230 e. The lowest BCUT2D eigenvalue weighted by atomic mass is 9.72. The Balaban J connectivity index is 1.32. The number of carbonyl (C=O) groups is 1. The molecule has 1 amide bonds. The molecule has 3 aromatic rings. The number of rotatable bonds is 9. The van der Waals surface area contributed by atoms with E-state index in [9.17, 15) is 4.79 Å². The zero-order valence-electron chi connectivity index (χ0n) is 19.5. The van der Waals surface area contributed by atoms with Crippen molar-refractivity contribution in [2.24, 2.45) is 0 Å². The van der Waals surface area contributed by atoms with Crippen LogP contribution in [0.25, 0.3) is 0 Å². The summed E-state index contributed by atoms with van der Waals surface area (Å²) >= 11 is 0. The summed E-state index contributed by atoms with van der Waals surface area (Å²) in [5, 5.41) is 2.91. The fourth-order valence-corrected chi connectivity index (χ4v) is 4.93. The van der Waals surface area contributed by atoms with E-state index in [1.54, 1.807) is 7.05 Å². The van der Waals surface area contributed by atoms with Gasteiger partial charge in [-0.25, -0.2) is 0 Å². The van der Waals surface area contributed by atoms with Gasteiger partial charge in [-0.3, -0.25) is 4.79 Å². The zero-order chi connectivity index (χ0) is 22.9. The standard InChI is InChI=1S/C29H34N2O2/c1-30-28(32)29(26-16-9-4-10-17-26)18-21-31(22-19-29)20-11-23-33-27(24-12-5-2-6-13-24)25-14-7-3-8-15-25/h2-10,12-17,27H,11,18-23H2,1H3,(H,30,32). The van der Waals surface area contributed by atoms with Crippen molar-refractivity contribution in [1.29, 1.82) is 0 Å². The smallest absolute Gasteiger partial charge is 0.230 e. The lowest BCUT2D eigenvalue weighted by molar-refractivity contribution is -0.128. The molecule has 1 N–H and O–H groups in total. The number of piperidine rings is 1. The summed E-state index contributed by atoms with van der Waals surface area (Å²) in [5.41, 5.74) is 3.06. The largest absolute Gasteiger partial charge is 0.369 e. The average Bonchev–Trinajstić information content (AvgIpc) is 2.90. The van der Waals surface area contributed by atoms with Gasteiger partial charge in [0.15, 0.2) is 0 Å². The summed E-state index contributed by atoms with van der Waals surface area (Å²) in [6.45, 7) is 3.52. The van der Waals surface area contributed by atoms with E-state index in [0.717, 1.165) is 44.5 Å². The molecular weight excluding hydrogens is 408 g/mol. The highest BCUT2D eigenvalue weighted by atomic mass is 16.5. The quantitative estimate of drug-likeness (QED) is 0.476. The molecule has 0 aliphatic carbocycles. The minimum atomic E-state index is -0.422. The number of benzene rings is 3. The van der Waals surface area contributed by atoms with Crippen molar-refractivity contribution in [3.05, 3.63) is 108 Å². The first-order valence-electron chi connectivity index (χ1n) is 11.9. The Hall–Kier alpha value is -2.95. The normalized spacial score (nSPS) is 15.9. The Bertz CT molecular complexity index is 944. The first-order valence-corrected chi connectivity index (χ1v) is 11.9. The van der Waals surface area contributed by atoms with Crippen LogP contribution < -0.4 is 5.32 Å². The van der Waals surface area contributed by atoms with E-state index in [-0.39, 0.29) is 12.0 Å². The minimum Gasteiger partial charge on any atom is -0.369 e. The van der Waals surface area contributed by atoms with E-state index >= 15 is 0 Å². The Morgan fingerprint density at radius 2 is 1.39 bits per heavy atom. The number of ether oxygens (including phenoxy) is 1. The fourth-order valence-electron chi connectivity index (χ4n) is 4.93. The number of amides is 1. The third-order valence-electron chi connectivity index (χ3n) is 6.81. The summed E-state index contributed by atoms with van der Waals surface area (Å²) in [4.78, 5) is 15.3. The van der Waals surface area contributed by atoms with Crippen LogP contribution in [-0.2, 0) is 14.9 Å². The van der Waals surface area contributed by atoms with Gasteiger partial charge in [-0.15, -0.1) is 0 Å². The highest BCUT2D eigenvalue weighted by molar-refractivity contribution is 5.88. The highest BCUT2D eigenvalue weighted by Crippen LogP contribution is 2.36. The van der Waals surface area contributed by atoms with Crippen LogP contribution in [0.3, 0.4) is 0 Å². The van der Waals surface area contributed by atoms with Crippen LogP contribution in [0, 0.1) is 0 Å². The predicted molar refractivity (Wildman–Crippen MR) is 133 cm³/mol. The molecule has 172 valence electrons. The third kappa shape index (κ3) is 5.52. The van der Waals surface area contributed by atoms with Gasteiger partial charge < -0.3 is 15.0 Å². The number of likely N-dealkylation sites (tertiary alicyclic amines) is 1. The van der Waals surface area contributed by atoms with Crippen molar-refractivity contribution in [2.75, 3.05) is 33.3 Å². The van der Waals surface area contributed by atoms with Crippen molar-refractivity contribution >= 4 is 5.91 Å². The van der Waals surface area contributed by atoms with Crippen LogP contribution in [0.15, 0.2) is 91.0 Å². The summed E-state index contributed by atoms with van der Waals surface area (Å²) < 4.78 is 6.38. The van der Waals surface area contributed by atoms with E-state index in [2.05, 4.69) is 70.9 Å². The molecule has 0 bridgehead atoms. The van der Waals surface area contributed by atoms with Gasteiger partial charge in [0.05, 0.1) is 5.41 Å². The summed E-state index contributed by atoms with van der Waals surface area (Å²) in [6, 6.07) is 31.1. The van der Waals surface area contributed by atoms with Gasteiger partial charge in [0.25, 0.3) is 0 Å². The number of hydrogen-bond acceptors (Lipinski definition) is 3. The molecular formula is C29H34N2O2. The van der Waals surface area contributed by atoms with Gasteiger partial charge in [0.2, 0.25) is 5.91 Å². The van der Waals surface area contributed by atoms with Crippen LogP contribution in [0.2, 0.25) is 0 Å². The summed E-state index contributed by atoms with van der Waals surface area (Å²) in [7, 11) is 1.74. The Labute approximate surface area is 197 Å². The van der Waals surface area contributed by atoms with Crippen LogP contribution in [0.5, 0.6) is 0 Å². The first kappa shape index (κ1) is 23.2. The molecule has 1 saturated heterocycles. The zero-order valence-corrected chi connectivity index (χ0v) is 19.5. The highest BCUT2D eigenvalue weighted by Gasteiger charge is 2.42. The SMILES string of the molecule is CNC(=O)C1(c2ccccc2)CCN(CCCOC(c2ccccc2)c2ccccc2)CC1. The number of likely N-dealkylation sites (N-methyl/N-ethyl adjacent to an activating group) is 1. The van der Waals surface area contributed by atoms with Crippen molar-refractivity contribution in [2.45, 2.75) is 30.8 Å². The van der Waals surface area contributed by atoms with Gasteiger partial charge in [-0.05, 0) is 49.0 Å². The van der Waals surface area contributed by atoms with Crippen LogP contribution in [0.4, 0.5) is 0 Å². The topological polar surface area (TPSA) is 41.6 Å². The second-order valence-corrected chi connectivity index (χ2v) is 8.79. The Kier molecular flexibility index (Phi) is 7.92. The molecule has 33 heavy (non-hydrogen) atoms. The van der Waals surface area contributed by atoms with Gasteiger partial charge in [0, 0.05) is 20.2 Å². The van der Waals surface area contributed by atoms with Crippen LogP contribution in [-0.4, -0.2) is 44.1 Å². The minimum absolute atomic E-state index is 0.0484. The molecule has 1 fully saturated rings. The van der Waals surface area contributed by atoms with E-state index in [0.29, 0.717) is 6.61 Å². The molecule has 0 aromatic heterocycles. The monoisotopic (exact) mass is 442 g/mol. The molecule has 4 heteroatoms. The fraction of sp³-hybridized carbons (Fsp3) is 0.345. The molecule has 0 spiro atoms. The summed E-state index contributed by atoms with van der Waals surface area (Å²) in [5.74, 6) is 0.130. The Morgan fingerprint density at radius 1 is 0.879 bits per heavy atom. The van der Waals surface area contributed by atoms with E-state index in [4.69, 9.17) is 4.74 Å². The maximum absolute atomic E-state index is 12.9. The summed E-state index contributed by atoms with van der Waals surface area (Å²) in [6.07, 6.45) is 2.60. The van der Waals surface area contributed by atoms with Gasteiger partial charge in [-0.2, -0.15) is 0 Å². The number of carbonyl (C=O) groups excluding carboxylic acids is 1. The van der Waals surface area contributed by atoms with Gasteiger partial charge >= 0.3 is 0 Å². The molecule has 1 heterocycles. The number of hydrogen-bond donors (Lipinski definition) is 1. The van der Waals surface area contributed by atoms with E-state index < -0.39 is 5.41 Å². The number of nitrogens with one attached hydrogen (secondary N) is 1.